The van der Waals surface area contributed by atoms with Crippen molar-refractivity contribution in [1.82, 2.24) is 0 Å². The van der Waals surface area contributed by atoms with Crippen LogP contribution in [0.25, 0.3) is 0 Å². The van der Waals surface area contributed by atoms with E-state index in [0.29, 0.717) is 16.5 Å². The average Bonchev–Trinajstić information content (AvgIpc) is 2.68. The molecule has 0 saturated carbocycles. The van der Waals surface area contributed by atoms with Crippen LogP contribution in [0.2, 0.25) is 5.02 Å². The Morgan fingerprint density at radius 1 is 0.767 bits per heavy atom. The summed E-state index contributed by atoms with van der Waals surface area (Å²) < 4.78 is 60.4. The Morgan fingerprint density at radius 3 is 1.87 bits per heavy atom. The smallest absolute Gasteiger partial charge is 0.262 e. The van der Waals surface area contributed by atoms with Gasteiger partial charge >= 0.3 is 0 Å². The van der Waals surface area contributed by atoms with Gasteiger partial charge in [-0.15, -0.1) is 0 Å². The van der Waals surface area contributed by atoms with Crippen molar-refractivity contribution in [2.24, 2.45) is 0 Å². The zero-order valence-corrected chi connectivity index (χ0v) is 18.5. The maximum atomic E-state index is 12.7. The minimum absolute atomic E-state index is 0.0273. The number of sulfonamides is 2. The summed E-state index contributed by atoms with van der Waals surface area (Å²) in [7, 11) is -6.28. The van der Waals surface area contributed by atoms with Crippen molar-refractivity contribution in [1.29, 1.82) is 0 Å². The molecule has 0 aliphatic carbocycles. The van der Waals surface area contributed by atoms with Crippen LogP contribution < -0.4 is 14.2 Å². The van der Waals surface area contributed by atoms with Crippen LogP contribution in [0.15, 0.2) is 76.5 Å². The summed E-state index contributed by atoms with van der Waals surface area (Å²) >= 11 is 5.78. The number of ether oxygens (including phenoxy) is 1. The van der Waals surface area contributed by atoms with Gasteiger partial charge < -0.3 is 4.74 Å². The molecule has 0 atom stereocenters. The average molecular weight is 467 g/mol. The summed E-state index contributed by atoms with van der Waals surface area (Å²) in [4.78, 5) is 0.0114. The molecule has 0 fully saturated rings. The van der Waals surface area contributed by atoms with Crippen LogP contribution in [0.4, 0.5) is 11.4 Å². The lowest BCUT2D eigenvalue weighted by atomic mass is 10.2. The molecule has 2 N–H and O–H groups in total. The third-order valence-electron chi connectivity index (χ3n) is 4.14. The molecule has 0 heterocycles. The lowest BCUT2D eigenvalue weighted by Gasteiger charge is -2.13. The third-order valence-corrected chi connectivity index (χ3v) is 7.17. The Labute approximate surface area is 180 Å². The first-order chi connectivity index (χ1) is 14.1. The molecule has 0 amide bonds. The predicted octanol–water partition coefficient (Wildman–Crippen LogP) is 4.26. The maximum absolute atomic E-state index is 12.7. The number of anilines is 2. The minimum atomic E-state index is -3.90. The van der Waals surface area contributed by atoms with Crippen LogP contribution in [0.3, 0.4) is 0 Å². The van der Waals surface area contributed by atoms with Gasteiger partial charge in [0.1, 0.15) is 5.75 Å². The zero-order valence-electron chi connectivity index (χ0n) is 16.1. The molecule has 10 heteroatoms. The first-order valence-corrected chi connectivity index (χ1v) is 12.0. The van der Waals surface area contributed by atoms with E-state index in [9.17, 15) is 16.8 Å². The summed E-state index contributed by atoms with van der Waals surface area (Å²) in [6.45, 7) is 1.83. The van der Waals surface area contributed by atoms with Crippen molar-refractivity contribution in [2.75, 3.05) is 16.6 Å². The molecule has 30 heavy (non-hydrogen) atoms. The minimum Gasteiger partial charge on any atom is -0.495 e. The van der Waals surface area contributed by atoms with Crippen molar-refractivity contribution in [3.8, 4) is 5.75 Å². The van der Waals surface area contributed by atoms with Crippen LogP contribution in [0.1, 0.15) is 5.56 Å². The number of nitrogens with one attached hydrogen (secondary N) is 2. The van der Waals surface area contributed by atoms with E-state index in [1.807, 2.05) is 6.92 Å². The Kier molecular flexibility index (Phi) is 6.25. The first-order valence-electron chi connectivity index (χ1n) is 8.67. The van der Waals surface area contributed by atoms with Crippen LogP contribution in [-0.2, 0) is 20.0 Å². The number of halogens is 1. The molecule has 158 valence electrons. The molecular formula is C20H19ClN2O5S2. The summed E-state index contributed by atoms with van der Waals surface area (Å²) in [5.74, 6) is 0.386. The standard InChI is InChI=1S/C20H19ClN2O5S2/c1-14-3-12-20(28-2)19(13-14)23-30(26,27)18-10-6-16(7-11-18)22-29(24,25)17-8-4-15(21)5-9-17/h3-13,22-23H,1-2H3. The topological polar surface area (TPSA) is 102 Å². The number of hydrogen-bond donors (Lipinski definition) is 2. The molecule has 0 spiro atoms. The fourth-order valence-corrected chi connectivity index (χ4v) is 4.88. The van der Waals surface area contributed by atoms with Gasteiger partial charge in [0, 0.05) is 10.7 Å². The third kappa shape index (κ3) is 5.05. The quantitative estimate of drug-likeness (QED) is 0.541. The van der Waals surface area contributed by atoms with E-state index in [1.54, 1.807) is 18.2 Å². The second-order valence-corrected chi connectivity index (χ2v) is 10.2. The maximum Gasteiger partial charge on any atom is 0.262 e. The zero-order chi connectivity index (χ0) is 21.9. The van der Waals surface area contributed by atoms with Crippen molar-refractivity contribution in [2.45, 2.75) is 16.7 Å². The van der Waals surface area contributed by atoms with Crippen LogP contribution in [0, 0.1) is 6.92 Å². The van der Waals surface area contributed by atoms with Crippen molar-refractivity contribution >= 4 is 43.0 Å². The van der Waals surface area contributed by atoms with Gasteiger partial charge in [-0.1, -0.05) is 17.7 Å². The molecule has 0 radical (unpaired) electrons. The molecule has 3 aromatic carbocycles. The van der Waals surface area contributed by atoms with Gasteiger partial charge in [0.15, 0.2) is 0 Å². The highest BCUT2D eigenvalue weighted by molar-refractivity contribution is 7.93. The Bertz CT molecular complexity index is 1260. The van der Waals surface area contributed by atoms with Gasteiger partial charge in [0.25, 0.3) is 20.0 Å². The Morgan fingerprint density at radius 2 is 1.30 bits per heavy atom. The van der Waals surface area contributed by atoms with E-state index in [0.717, 1.165) is 5.56 Å². The molecule has 3 rings (SSSR count). The number of rotatable bonds is 7. The molecule has 3 aromatic rings. The molecule has 0 aliphatic rings. The second kappa shape index (κ2) is 8.55. The van der Waals surface area contributed by atoms with Gasteiger partial charge in [-0.05, 0) is 73.2 Å². The lowest BCUT2D eigenvalue weighted by Crippen LogP contribution is -2.15. The normalized spacial score (nSPS) is 11.7. The van der Waals surface area contributed by atoms with Gasteiger partial charge in [0.2, 0.25) is 0 Å². The predicted molar refractivity (Wildman–Crippen MR) is 117 cm³/mol. The monoisotopic (exact) mass is 466 g/mol. The van der Waals surface area contributed by atoms with E-state index >= 15 is 0 Å². The van der Waals surface area contributed by atoms with Crippen molar-refractivity contribution < 1.29 is 21.6 Å². The lowest BCUT2D eigenvalue weighted by molar-refractivity contribution is 0.417. The van der Waals surface area contributed by atoms with E-state index < -0.39 is 20.0 Å². The molecule has 0 unspecified atom stereocenters. The van der Waals surface area contributed by atoms with Gasteiger partial charge in [-0.2, -0.15) is 0 Å². The van der Waals surface area contributed by atoms with E-state index in [4.69, 9.17) is 16.3 Å². The largest absolute Gasteiger partial charge is 0.495 e. The highest BCUT2D eigenvalue weighted by atomic mass is 35.5. The van der Waals surface area contributed by atoms with Crippen molar-refractivity contribution in [3.63, 3.8) is 0 Å². The molecular weight excluding hydrogens is 448 g/mol. The Balaban J connectivity index is 1.81. The van der Waals surface area contributed by atoms with Crippen LogP contribution >= 0.6 is 11.6 Å². The number of aryl methyl sites for hydroxylation is 1. The number of methoxy groups -OCH3 is 1. The summed E-state index contributed by atoms with van der Waals surface area (Å²) in [6.07, 6.45) is 0. The molecule has 7 nitrogen and oxygen atoms in total. The molecule has 0 aliphatic heterocycles. The van der Waals surface area contributed by atoms with Crippen molar-refractivity contribution in [3.05, 3.63) is 77.3 Å². The van der Waals surface area contributed by atoms with E-state index in [1.165, 1.54) is 55.6 Å². The SMILES string of the molecule is COc1ccc(C)cc1NS(=O)(=O)c1ccc(NS(=O)(=O)c2ccc(Cl)cc2)cc1. The number of benzene rings is 3. The Hall–Kier alpha value is -2.75. The van der Waals surface area contributed by atoms with Gasteiger partial charge in [-0.25, -0.2) is 16.8 Å². The summed E-state index contributed by atoms with van der Waals surface area (Å²) in [6, 6.07) is 16.2. The second-order valence-electron chi connectivity index (χ2n) is 6.39. The first kappa shape index (κ1) is 21.9. The highest BCUT2D eigenvalue weighted by Gasteiger charge is 2.18. The van der Waals surface area contributed by atoms with Gasteiger partial charge in [-0.3, -0.25) is 9.44 Å². The van der Waals surface area contributed by atoms with Crippen LogP contribution in [-0.4, -0.2) is 23.9 Å². The van der Waals surface area contributed by atoms with E-state index in [-0.39, 0.29) is 15.5 Å². The molecule has 0 bridgehead atoms. The van der Waals surface area contributed by atoms with E-state index in [2.05, 4.69) is 9.44 Å². The number of hydrogen-bond acceptors (Lipinski definition) is 5. The van der Waals surface area contributed by atoms with Crippen LogP contribution in [0.5, 0.6) is 5.75 Å². The fraction of sp³-hybridized carbons (Fsp3) is 0.100. The molecule has 0 aromatic heterocycles. The molecule has 0 saturated heterocycles. The fourth-order valence-electron chi connectivity index (χ4n) is 2.64. The summed E-state index contributed by atoms with van der Waals surface area (Å²) in [5.41, 5.74) is 1.39. The highest BCUT2D eigenvalue weighted by Crippen LogP contribution is 2.28. The summed E-state index contributed by atoms with van der Waals surface area (Å²) in [5, 5.41) is 0.418. The van der Waals surface area contributed by atoms with Gasteiger partial charge in [0.05, 0.1) is 22.6 Å².